The number of benzene rings is 1. The molecule has 1 saturated heterocycles. The molecular formula is C15H23NO. The number of ether oxygens (including phenoxy) is 1. The van der Waals surface area contributed by atoms with E-state index in [0.717, 1.165) is 6.54 Å². The zero-order valence-electron chi connectivity index (χ0n) is 11.1. The van der Waals surface area contributed by atoms with Crippen molar-refractivity contribution in [2.24, 2.45) is 0 Å². The largest absolute Gasteiger partial charge is 0.371 e. The molecule has 2 atom stereocenters. The van der Waals surface area contributed by atoms with E-state index in [2.05, 4.69) is 56.4 Å². The van der Waals surface area contributed by atoms with E-state index >= 15 is 0 Å². The van der Waals surface area contributed by atoms with Crippen molar-refractivity contribution in [2.75, 3.05) is 6.54 Å². The second-order valence-electron chi connectivity index (χ2n) is 5.58. The Balaban J connectivity index is 1.79. The van der Waals surface area contributed by atoms with Crippen LogP contribution in [0.4, 0.5) is 0 Å². The molecule has 0 bridgehead atoms. The monoisotopic (exact) mass is 233 g/mol. The van der Waals surface area contributed by atoms with E-state index in [0.29, 0.717) is 12.1 Å². The molecule has 94 valence electrons. The van der Waals surface area contributed by atoms with Crippen LogP contribution < -0.4 is 5.32 Å². The van der Waals surface area contributed by atoms with Gasteiger partial charge in [-0.1, -0.05) is 30.3 Å². The summed E-state index contributed by atoms with van der Waals surface area (Å²) in [5, 5.41) is 3.55. The fourth-order valence-electron chi connectivity index (χ4n) is 2.39. The molecule has 1 aromatic carbocycles. The Labute approximate surface area is 104 Å². The molecule has 1 aliphatic rings. The van der Waals surface area contributed by atoms with Crippen LogP contribution in [0.2, 0.25) is 0 Å². The molecule has 2 nitrogen and oxygen atoms in total. The maximum atomic E-state index is 5.97. The predicted molar refractivity (Wildman–Crippen MR) is 71.0 cm³/mol. The molecule has 1 fully saturated rings. The fourth-order valence-corrected chi connectivity index (χ4v) is 2.39. The van der Waals surface area contributed by atoms with Crippen molar-refractivity contribution in [2.45, 2.75) is 51.4 Å². The Morgan fingerprint density at radius 1 is 1.35 bits per heavy atom. The van der Waals surface area contributed by atoms with Gasteiger partial charge in [-0.05, 0) is 39.2 Å². The van der Waals surface area contributed by atoms with Gasteiger partial charge in [0, 0.05) is 12.6 Å². The van der Waals surface area contributed by atoms with Gasteiger partial charge < -0.3 is 10.1 Å². The van der Waals surface area contributed by atoms with Crippen molar-refractivity contribution < 1.29 is 4.74 Å². The molecule has 1 aromatic rings. The summed E-state index contributed by atoms with van der Waals surface area (Å²) < 4.78 is 5.97. The van der Waals surface area contributed by atoms with Crippen LogP contribution in [0, 0.1) is 0 Å². The van der Waals surface area contributed by atoms with Crippen LogP contribution in [0.3, 0.4) is 0 Å². The number of nitrogens with one attached hydrogen (secondary N) is 1. The lowest BCUT2D eigenvalue weighted by Crippen LogP contribution is -2.31. The van der Waals surface area contributed by atoms with E-state index < -0.39 is 0 Å². The van der Waals surface area contributed by atoms with Gasteiger partial charge in [-0.25, -0.2) is 0 Å². The molecule has 0 spiro atoms. The third-order valence-electron chi connectivity index (χ3n) is 3.51. The molecule has 1 N–H and O–H groups in total. The van der Waals surface area contributed by atoms with Gasteiger partial charge in [-0.2, -0.15) is 0 Å². The molecule has 17 heavy (non-hydrogen) atoms. The van der Waals surface area contributed by atoms with Gasteiger partial charge in [0.2, 0.25) is 0 Å². The first-order valence-electron chi connectivity index (χ1n) is 6.53. The molecule has 0 saturated carbocycles. The molecule has 0 amide bonds. The Kier molecular flexibility index (Phi) is 3.85. The van der Waals surface area contributed by atoms with Crippen molar-refractivity contribution in [1.82, 2.24) is 5.32 Å². The van der Waals surface area contributed by atoms with E-state index in [1.165, 1.54) is 18.4 Å². The van der Waals surface area contributed by atoms with E-state index in [-0.39, 0.29) is 5.60 Å². The van der Waals surface area contributed by atoms with Gasteiger partial charge in [0.15, 0.2) is 0 Å². The van der Waals surface area contributed by atoms with Crippen molar-refractivity contribution in [3.05, 3.63) is 35.9 Å². The quantitative estimate of drug-likeness (QED) is 0.861. The molecule has 0 aliphatic carbocycles. The van der Waals surface area contributed by atoms with Gasteiger partial charge in [0.1, 0.15) is 0 Å². The third-order valence-corrected chi connectivity index (χ3v) is 3.51. The Morgan fingerprint density at radius 2 is 2.06 bits per heavy atom. The van der Waals surface area contributed by atoms with Crippen molar-refractivity contribution in [3.8, 4) is 0 Å². The highest BCUT2D eigenvalue weighted by Crippen LogP contribution is 2.29. The van der Waals surface area contributed by atoms with E-state index in [9.17, 15) is 0 Å². The SMILES string of the molecule is C[C@H](NCC1CCC(C)(C)O1)c1ccccc1. The lowest BCUT2D eigenvalue weighted by atomic mass is 10.1. The van der Waals surface area contributed by atoms with Crippen molar-refractivity contribution >= 4 is 0 Å². The summed E-state index contributed by atoms with van der Waals surface area (Å²) >= 11 is 0. The first-order valence-corrected chi connectivity index (χ1v) is 6.53. The summed E-state index contributed by atoms with van der Waals surface area (Å²) in [6.45, 7) is 7.50. The third kappa shape index (κ3) is 3.55. The lowest BCUT2D eigenvalue weighted by Gasteiger charge is -2.21. The van der Waals surface area contributed by atoms with Crippen LogP contribution in [0.15, 0.2) is 30.3 Å². The lowest BCUT2D eigenvalue weighted by molar-refractivity contribution is -0.0150. The molecule has 0 radical (unpaired) electrons. The van der Waals surface area contributed by atoms with Gasteiger partial charge in [0.25, 0.3) is 0 Å². The first kappa shape index (κ1) is 12.6. The standard InChI is InChI=1S/C15H23NO/c1-12(13-7-5-4-6-8-13)16-11-14-9-10-15(2,3)17-14/h4-8,12,14,16H,9-11H2,1-3H3/t12-,14?/m0/s1. The minimum absolute atomic E-state index is 0.0718. The molecule has 2 heteroatoms. The van der Waals surface area contributed by atoms with Crippen LogP contribution in [-0.4, -0.2) is 18.2 Å². The first-order chi connectivity index (χ1) is 8.07. The van der Waals surface area contributed by atoms with Crippen LogP contribution in [0.1, 0.15) is 45.2 Å². The summed E-state index contributed by atoms with van der Waals surface area (Å²) in [4.78, 5) is 0. The second-order valence-corrected chi connectivity index (χ2v) is 5.58. The number of hydrogen-bond acceptors (Lipinski definition) is 2. The van der Waals surface area contributed by atoms with E-state index in [4.69, 9.17) is 4.74 Å². The number of hydrogen-bond donors (Lipinski definition) is 1. The Bertz CT molecular complexity index is 347. The summed E-state index contributed by atoms with van der Waals surface area (Å²) in [5.41, 5.74) is 1.41. The van der Waals surface area contributed by atoms with Gasteiger partial charge in [-0.3, -0.25) is 0 Å². The molecule has 1 unspecified atom stereocenters. The predicted octanol–water partition coefficient (Wildman–Crippen LogP) is 3.29. The maximum absolute atomic E-state index is 5.97. The van der Waals surface area contributed by atoms with Gasteiger partial charge in [0.05, 0.1) is 11.7 Å². The molecule has 0 aromatic heterocycles. The van der Waals surface area contributed by atoms with Crippen LogP contribution >= 0.6 is 0 Å². The maximum Gasteiger partial charge on any atom is 0.0708 e. The van der Waals surface area contributed by atoms with Crippen LogP contribution in [0.25, 0.3) is 0 Å². The Morgan fingerprint density at radius 3 is 2.65 bits per heavy atom. The minimum Gasteiger partial charge on any atom is -0.371 e. The Hall–Kier alpha value is -0.860. The van der Waals surface area contributed by atoms with Crippen LogP contribution in [0.5, 0.6) is 0 Å². The highest BCUT2D eigenvalue weighted by Gasteiger charge is 2.31. The highest BCUT2D eigenvalue weighted by atomic mass is 16.5. The average Bonchev–Trinajstić information content (AvgIpc) is 2.67. The second kappa shape index (κ2) is 5.19. The summed E-state index contributed by atoms with van der Waals surface area (Å²) in [5.74, 6) is 0. The van der Waals surface area contributed by atoms with Gasteiger partial charge in [-0.15, -0.1) is 0 Å². The van der Waals surface area contributed by atoms with E-state index in [1.54, 1.807) is 0 Å². The average molecular weight is 233 g/mol. The van der Waals surface area contributed by atoms with Crippen LogP contribution in [-0.2, 0) is 4.74 Å². The topological polar surface area (TPSA) is 21.3 Å². The number of rotatable bonds is 4. The normalized spacial score (nSPS) is 24.8. The smallest absolute Gasteiger partial charge is 0.0708 e. The highest BCUT2D eigenvalue weighted by molar-refractivity contribution is 5.18. The molecule has 2 rings (SSSR count). The zero-order chi connectivity index (χ0) is 12.3. The molecule has 1 aliphatic heterocycles. The summed E-state index contributed by atoms with van der Waals surface area (Å²) in [6, 6.07) is 10.9. The zero-order valence-corrected chi connectivity index (χ0v) is 11.1. The molecule has 1 heterocycles. The minimum atomic E-state index is 0.0718. The summed E-state index contributed by atoms with van der Waals surface area (Å²) in [7, 11) is 0. The van der Waals surface area contributed by atoms with Crippen molar-refractivity contribution in [1.29, 1.82) is 0 Å². The molecular weight excluding hydrogens is 210 g/mol. The van der Waals surface area contributed by atoms with E-state index in [1.807, 2.05) is 0 Å². The van der Waals surface area contributed by atoms with Gasteiger partial charge >= 0.3 is 0 Å². The van der Waals surface area contributed by atoms with Crippen molar-refractivity contribution in [3.63, 3.8) is 0 Å². The fraction of sp³-hybridized carbons (Fsp3) is 0.600. The summed E-state index contributed by atoms with van der Waals surface area (Å²) in [6.07, 6.45) is 2.71.